The Kier molecular flexibility index (Phi) is 3.91. The Morgan fingerprint density at radius 2 is 2.50 bits per heavy atom. The largest absolute Gasteiger partial charge is 0.391 e. The number of hydrogen-bond donors (Lipinski definition) is 1. The topological polar surface area (TPSA) is 32.6 Å². The van der Waals surface area contributed by atoms with Crippen molar-refractivity contribution in [1.29, 1.82) is 0 Å². The van der Waals surface area contributed by atoms with E-state index in [1.807, 2.05) is 0 Å². The molecule has 0 radical (unpaired) electrons. The van der Waals surface area contributed by atoms with Gasteiger partial charge in [0.1, 0.15) is 0 Å². The zero-order valence-corrected chi connectivity index (χ0v) is 3.46. The van der Waals surface area contributed by atoms with Crippen molar-refractivity contribution in [3.8, 4) is 0 Å². The molecule has 0 aliphatic heterocycles. The zero-order chi connectivity index (χ0) is 4.83. The Hall–Kier alpha value is -0.630. The van der Waals surface area contributed by atoms with Gasteiger partial charge >= 0.3 is 0 Å². The summed E-state index contributed by atoms with van der Waals surface area (Å²) in [5.41, 5.74) is 0. The highest BCUT2D eigenvalue weighted by molar-refractivity contribution is 5.58. The van der Waals surface area contributed by atoms with Gasteiger partial charge in [0.25, 0.3) is 0 Å². The van der Waals surface area contributed by atoms with E-state index in [1.165, 1.54) is 12.4 Å². The van der Waals surface area contributed by atoms with Crippen LogP contribution in [0, 0.1) is 0 Å². The van der Waals surface area contributed by atoms with Crippen LogP contribution in [0.3, 0.4) is 0 Å². The van der Waals surface area contributed by atoms with Crippen molar-refractivity contribution in [2.45, 2.75) is 0 Å². The van der Waals surface area contributed by atoms with Crippen LogP contribution < -0.4 is 0 Å². The molecule has 0 saturated carbocycles. The zero-order valence-electron chi connectivity index (χ0n) is 3.46. The normalized spacial score (nSPS) is 9.50. The highest BCUT2D eigenvalue weighted by Crippen LogP contribution is 1.59. The molecule has 0 rings (SSSR count). The van der Waals surface area contributed by atoms with E-state index in [1.54, 1.807) is 0 Å². The lowest BCUT2D eigenvalue weighted by atomic mass is 10.8. The fraction of sp³-hybridized carbons (Fsp3) is 0.250. The van der Waals surface area contributed by atoms with Crippen LogP contribution in [0.4, 0.5) is 0 Å². The third-order valence-corrected chi connectivity index (χ3v) is 0.292. The number of hydrogen-bond acceptors (Lipinski definition) is 2. The van der Waals surface area contributed by atoms with Gasteiger partial charge in [-0.05, 0) is 0 Å². The van der Waals surface area contributed by atoms with Crippen molar-refractivity contribution in [3.05, 3.63) is 12.8 Å². The maximum Gasteiger partial charge on any atom is 0.0783 e. The molecule has 0 aromatic rings. The summed E-state index contributed by atoms with van der Waals surface area (Å²) in [5, 5.41) is 8.00. The minimum absolute atomic E-state index is 0.00792. The van der Waals surface area contributed by atoms with E-state index in [9.17, 15) is 0 Å². The van der Waals surface area contributed by atoms with Crippen molar-refractivity contribution >= 4 is 6.21 Å². The average Bonchev–Trinajstić information content (AvgIpc) is 1.61. The number of nitrogens with zero attached hydrogens (tertiary/aromatic N) is 1. The summed E-state index contributed by atoms with van der Waals surface area (Å²) >= 11 is 0. The summed E-state index contributed by atoms with van der Waals surface area (Å²) in [6, 6.07) is 0. The highest BCUT2D eigenvalue weighted by Gasteiger charge is 1.56. The third-order valence-electron chi connectivity index (χ3n) is 0.292. The van der Waals surface area contributed by atoms with Gasteiger partial charge in [0, 0.05) is 12.4 Å². The predicted molar refractivity (Wildman–Crippen MR) is 25.8 cm³/mol. The Morgan fingerprint density at radius 1 is 1.83 bits per heavy atom. The fourth-order valence-electron chi connectivity index (χ4n) is 0.122. The minimum atomic E-state index is -0.00792. The highest BCUT2D eigenvalue weighted by atomic mass is 16.2. The first-order valence-electron chi connectivity index (χ1n) is 1.65. The molecule has 34 valence electrons. The number of aliphatic hydroxyl groups excluding tert-OH is 1. The van der Waals surface area contributed by atoms with Gasteiger partial charge in [0.05, 0.1) is 6.61 Å². The van der Waals surface area contributed by atoms with Crippen LogP contribution in [0.1, 0.15) is 0 Å². The van der Waals surface area contributed by atoms with Crippen LogP contribution in [0.5, 0.6) is 0 Å². The molecule has 6 heavy (non-hydrogen) atoms. The monoisotopic (exact) mass is 85.1 g/mol. The fourth-order valence-corrected chi connectivity index (χ4v) is 0.122. The van der Waals surface area contributed by atoms with E-state index in [0.717, 1.165) is 0 Å². The maximum absolute atomic E-state index is 8.00. The van der Waals surface area contributed by atoms with Crippen molar-refractivity contribution in [2.75, 3.05) is 6.61 Å². The standard InChI is InChI=1S/C4H7NO/c1-2-5-3-4-6/h2-3,6H,1,4H2/b5-3-. The summed E-state index contributed by atoms with van der Waals surface area (Å²) in [4.78, 5) is 3.48. The smallest absolute Gasteiger partial charge is 0.0783 e. The lowest BCUT2D eigenvalue weighted by Gasteiger charge is -1.69. The molecule has 1 N–H and O–H groups in total. The lowest BCUT2D eigenvalue weighted by molar-refractivity contribution is 0.361. The Labute approximate surface area is 36.8 Å². The first kappa shape index (κ1) is 5.37. The first-order valence-corrected chi connectivity index (χ1v) is 1.65. The molecule has 2 heteroatoms. The summed E-state index contributed by atoms with van der Waals surface area (Å²) in [6.07, 6.45) is 2.74. The van der Waals surface area contributed by atoms with Crippen molar-refractivity contribution < 1.29 is 5.11 Å². The molecule has 0 heterocycles. The van der Waals surface area contributed by atoms with Crippen molar-refractivity contribution in [3.63, 3.8) is 0 Å². The van der Waals surface area contributed by atoms with Crippen LogP contribution in [-0.4, -0.2) is 17.9 Å². The Morgan fingerprint density at radius 3 is 2.67 bits per heavy atom. The molecule has 0 saturated heterocycles. The van der Waals surface area contributed by atoms with Gasteiger partial charge < -0.3 is 5.11 Å². The second-order valence-corrected chi connectivity index (χ2v) is 0.697. The molecule has 0 aromatic heterocycles. The van der Waals surface area contributed by atoms with Gasteiger partial charge in [0.2, 0.25) is 0 Å². The van der Waals surface area contributed by atoms with Crippen LogP contribution in [0.2, 0.25) is 0 Å². The molecular weight excluding hydrogens is 78.0 g/mol. The minimum Gasteiger partial charge on any atom is -0.391 e. The quantitative estimate of drug-likeness (QED) is 0.477. The van der Waals surface area contributed by atoms with Crippen LogP contribution in [0.15, 0.2) is 17.8 Å². The molecule has 0 bridgehead atoms. The predicted octanol–water partition coefficient (Wildman–Crippen LogP) is 0.193. The third kappa shape index (κ3) is 3.37. The van der Waals surface area contributed by atoms with E-state index in [-0.39, 0.29) is 6.61 Å². The molecular formula is C4H7NO. The lowest BCUT2D eigenvalue weighted by Crippen LogP contribution is -1.77. The SMILES string of the molecule is C=C/N=C\CO. The Balaban J connectivity index is 2.94. The van der Waals surface area contributed by atoms with E-state index < -0.39 is 0 Å². The Bertz CT molecular complexity index is 58.6. The van der Waals surface area contributed by atoms with Crippen molar-refractivity contribution in [2.24, 2.45) is 4.99 Å². The van der Waals surface area contributed by atoms with E-state index in [0.29, 0.717) is 0 Å². The van der Waals surface area contributed by atoms with Gasteiger partial charge in [-0.3, -0.25) is 4.99 Å². The molecule has 0 amide bonds. The molecule has 0 aliphatic carbocycles. The summed E-state index contributed by atoms with van der Waals surface area (Å²) in [5.74, 6) is 0. The molecule has 2 nitrogen and oxygen atoms in total. The molecule has 0 spiro atoms. The number of aliphatic imine (C=N–C) groups is 1. The maximum atomic E-state index is 8.00. The second-order valence-electron chi connectivity index (χ2n) is 0.697. The molecule has 0 aromatic carbocycles. The second kappa shape index (κ2) is 4.37. The van der Waals surface area contributed by atoms with Gasteiger partial charge in [-0.25, -0.2) is 0 Å². The molecule has 0 atom stereocenters. The van der Waals surface area contributed by atoms with Gasteiger partial charge in [0.15, 0.2) is 0 Å². The summed E-state index contributed by atoms with van der Waals surface area (Å²) in [6.45, 7) is 3.28. The molecule has 0 aliphatic rings. The number of rotatable bonds is 2. The molecule has 0 fully saturated rings. The van der Waals surface area contributed by atoms with Crippen molar-refractivity contribution in [1.82, 2.24) is 0 Å². The number of aliphatic hydroxyl groups is 1. The summed E-state index contributed by atoms with van der Waals surface area (Å²) in [7, 11) is 0. The van der Waals surface area contributed by atoms with Crippen LogP contribution >= 0.6 is 0 Å². The van der Waals surface area contributed by atoms with E-state index in [4.69, 9.17) is 5.11 Å². The van der Waals surface area contributed by atoms with Crippen LogP contribution in [0.25, 0.3) is 0 Å². The molecule has 0 unspecified atom stereocenters. The van der Waals surface area contributed by atoms with E-state index >= 15 is 0 Å². The van der Waals surface area contributed by atoms with Gasteiger partial charge in [-0.15, -0.1) is 0 Å². The van der Waals surface area contributed by atoms with Gasteiger partial charge in [-0.1, -0.05) is 6.58 Å². The average molecular weight is 85.1 g/mol. The first-order chi connectivity index (χ1) is 2.91. The van der Waals surface area contributed by atoms with Crippen LogP contribution in [-0.2, 0) is 0 Å². The van der Waals surface area contributed by atoms with E-state index in [2.05, 4.69) is 11.6 Å². The van der Waals surface area contributed by atoms with Gasteiger partial charge in [-0.2, -0.15) is 0 Å². The summed E-state index contributed by atoms with van der Waals surface area (Å²) < 4.78 is 0.